The molecule has 1 amide bonds. The fourth-order valence-electron chi connectivity index (χ4n) is 1.85. The van der Waals surface area contributed by atoms with Gasteiger partial charge in [-0.2, -0.15) is 0 Å². The summed E-state index contributed by atoms with van der Waals surface area (Å²) in [6.07, 6.45) is 3.52. The van der Waals surface area contributed by atoms with Gasteiger partial charge in [-0.25, -0.2) is 4.98 Å². The lowest BCUT2D eigenvalue weighted by molar-refractivity contribution is 0.0594. The van der Waals surface area contributed by atoms with Crippen molar-refractivity contribution in [2.24, 2.45) is 0 Å². The highest BCUT2D eigenvalue weighted by atomic mass is 79.9. The second-order valence-corrected chi connectivity index (χ2v) is 5.88. The van der Waals surface area contributed by atoms with Crippen LogP contribution in [0, 0.1) is 6.92 Å². The van der Waals surface area contributed by atoms with Gasteiger partial charge in [0.25, 0.3) is 5.91 Å². The molecule has 0 spiro atoms. The van der Waals surface area contributed by atoms with Crippen molar-refractivity contribution in [3.8, 4) is 0 Å². The molecule has 5 heteroatoms. The third-order valence-electron chi connectivity index (χ3n) is 2.94. The lowest BCUT2D eigenvalue weighted by Crippen LogP contribution is -2.45. The summed E-state index contributed by atoms with van der Waals surface area (Å²) in [5, 5.41) is 3.64. The van der Waals surface area contributed by atoms with Crippen molar-refractivity contribution in [2.45, 2.75) is 32.2 Å². The zero-order chi connectivity index (χ0) is 11.5. The molecule has 3 nitrogen and oxygen atoms in total. The molecule has 0 aliphatic heterocycles. The monoisotopic (exact) mass is 302 g/mol. The second-order valence-electron chi connectivity index (χ2n) is 4.02. The third kappa shape index (κ3) is 2.46. The molecular weight excluding hydrogens is 288 g/mol. The van der Waals surface area contributed by atoms with E-state index in [-0.39, 0.29) is 5.91 Å². The van der Waals surface area contributed by atoms with E-state index < -0.39 is 0 Å². The molecule has 0 N–H and O–H groups in total. The Hall–Kier alpha value is -0.420. The molecular formula is C11H15BrN2OS. The van der Waals surface area contributed by atoms with Gasteiger partial charge in [0.15, 0.2) is 0 Å². The van der Waals surface area contributed by atoms with E-state index in [0.717, 1.165) is 29.7 Å². The lowest BCUT2D eigenvalue weighted by atomic mass is 9.91. The maximum absolute atomic E-state index is 12.2. The van der Waals surface area contributed by atoms with Gasteiger partial charge in [0.1, 0.15) is 5.69 Å². The molecule has 0 saturated heterocycles. The molecule has 1 aromatic rings. The minimum absolute atomic E-state index is 0.0912. The Kier molecular flexibility index (Phi) is 3.97. The fourth-order valence-corrected chi connectivity index (χ4v) is 2.82. The average Bonchev–Trinajstić information content (AvgIpc) is 2.60. The largest absolute Gasteiger partial charge is 0.333 e. The lowest BCUT2D eigenvalue weighted by Gasteiger charge is -2.36. The van der Waals surface area contributed by atoms with E-state index in [2.05, 4.69) is 20.9 Å². The normalized spacial score (nSPS) is 15.9. The zero-order valence-electron chi connectivity index (χ0n) is 9.28. The van der Waals surface area contributed by atoms with Crippen LogP contribution in [0.5, 0.6) is 0 Å². The number of alkyl halides is 1. The Morgan fingerprint density at radius 2 is 2.44 bits per heavy atom. The number of halogens is 1. The predicted molar refractivity (Wildman–Crippen MR) is 69.3 cm³/mol. The van der Waals surface area contributed by atoms with Gasteiger partial charge < -0.3 is 4.90 Å². The van der Waals surface area contributed by atoms with Crippen molar-refractivity contribution in [1.29, 1.82) is 0 Å². The first kappa shape index (κ1) is 12.0. The van der Waals surface area contributed by atoms with Crippen molar-refractivity contribution >= 4 is 33.2 Å². The minimum atomic E-state index is 0.0912. The molecule has 1 aliphatic carbocycles. The summed E-state index contributed by atoms with van der Waals surface area (Å²) >= 11 is 4.94. The Morgan fingerprint density at radius 1 is 1.69 bits per heavy atom. The minimum Gasteiger partial charge on any atom is -0.333 e. The maximum Gasteiger partial charge on any atom is 0.273 e. The molecule has 0 bridgehead atoms. The van der Waals surface area contributed by atoms with Crippen LogP contribution in [0.3, 0.4) is 0 Å². The molecule has 1 aliphatic rings. The first-order valence-corrected chi connectivity index (χ1v) is 7.51. The second kappa shape index (κ2) is 5.27. The summed E-state index contributed by atoms with van der Waals surface area (Å²) in [7, 11) is 0. The number of nitrogens with zero attached hydrogens (tertiary/aromatic N) is 2. The van der Waals surface area contributed by atoms with Crippen LogP contribution in [0.4, 0.5) is 0 Å². The van der Waals surface area contributed by atoms with E-state index in [1.165, 1.54) is 17.8 Å². The van der Waals surface area contributed by atoms with Crippen molar-refractivity contribution in [1.82, 2.24) is 9.88 Å². The van der Waals surface area contributed by atoms with Gasteiger partial charge in [0, 0.05) is 23.3 Å². The van der Waals surface area contributed by atoms with Gasteiger partial charge in [-0.3, -0.25) is 4.79 Å². The number of carbonyl (C=O) groups is 1. The number of aromatic nitrogens is 1. The molecule has 0 unspecified atom stereocenters. The molecule has 0 atom stereocenters. The van der Waals surface area contributed by atoms with Crippen LogP contribution in [0.15, 0.2) is 5.38 Å². The highest BCUT2D eigenvalue weighted by molar-refractivity contribution is 9.09. The molecule has 1 aromatic heterocycles. The van der Waals surface area contributed by atoms with E-state index in [1.54, 1.807) is 0 Å². The van der Waals surface area contributed by atoms with Crippen molar-refractivity contribution in [3.05, 3.63) is 16.1 Å². The van der Waals surface area contributed by atoms with Crippen LogP contribution in [0.25, 0.3) is 0 Å². The third-order valence-corrected chi connectivity index (χ3v) is 4.07. The number of carbonyl (C=O) groups excluding carboxylic acids is 1. The number of hydrogen-bond acceptors (Lipinski definition) is 3. The number of thiazole rings is 1. The van der Waals surface area contributed by atoms with Gasteiger partial charge >= 0.3 is 0 Å². The van der Waals surface area contributed by atoms with E-state index >= 15 is 0 Å². The summed E-state index contributed by atoms with van der Waals surface area (Å²) in [6, 6.07) is 0.437. The number of aryl methyl sites for hydroxylation is 1. The predicted octanol–water partition coefficient (Wildman–Crippen LogP) is 2.84. The molecule has 2 rings (SSSR count). The maximum atomic E-state index is 12.2. The highest BCUT2D eigenvalue weighted by Gasteiger charge is 2.29. The van der Waals surface area contributed by atoms with E-state index in [9.17, 15) is 4.79 Å². The topological polar surface area (TPSA) is 33.2 Å². The van der Waals surface area contributed by atoms with E-state index in [0.29, 0.717) is 11.7 Å². The SMILES string of the molecule is Cc1nc(C(=O)N(CCBr)C2CCC2)cs1. The smallest absolute Gasteiger partial charge is 0.273 e. The Labute approximate surface area is 108 Å². The van der Waals surface area contributed by atoms with Crippen LogP contribution in [0.2, 0.25) is 0 Å². The summed E-state index contributed by atoms with van der Waals surface area (Å²) in [5.41, 5.74) is 0.607. The van der Waals surface area contributed by atoms with Crippen LogP contribution < -0.4 is 0 Å². The van der Waals surface area contributed by atoms with Crippen LogP contribution in [-0.4, -0.2) is 33.7 Å². The Balaban J connectivity index is 2.09. The highest BCUT2D eigenvalue weighted by Crippen LogP contribution is 2.26. The van der Waals surface area contributed by atoms with Gasteiger partial charge in [-0.15, -0.1) is 11.3 Å². The number of hydrogen-bond donors (Lipinski definition) is 0. The van der Waals surface area contributed by atoms with Crippen LogP contribution >= 0.6 is 27.3 Å². The van der Waals surface area contributed by atoms with Crippen LogP contribution in [-0.2, 0) is 0 Å². The van der Waals surface area contributed by atoms with E-state index in [4.69, 9.17) is 0 Å². The van der Waals surface area contributed by atoms with Gasteiger partial charge in [-0.05, 0) is 26.2 Å². The first-order chi connectivity index (χ1) is 7.72. The summed E-state index contributed by atoms with van der Waals surface area (Å²) < 4.78 is 0. The van der Waals surface area contributed by atoms with Crippen LogP contribution in [0.1, 0.15) is 34.8 Å². The number of amides is 1. The molecule has 1 heterocycles. The first-order valence-electron chi connectivity index (χ1n) is 5.51. The average molecular weight is 303 g/mol. The molecule has 1 saturated carbocycles. The quantitative estimate of drug-likeness (QED) is 0.801. The number of rotatable bonds is 4. The zero-order valence-corrected chi connectivity index (χ0v) is 11.7. The van der Waals surface area contributed by atoms with Gasteiger partial charge in [-0.1, -0.05) is 15.9 Å². The molecule has 0 radical (unpaired) electrons. The molecule has 0 aromatic carbocycles. The van der Waals surface area contributed by atoms with Gasteiger partial charge in [0.05, 0.1) is 5.01 Å². The van der Waals surface area contributed by atoms with Crippen molar-refractivity contribution < 1.29 is 4.79 Å². The summed E-state index contributed by atoms with van der Waals surface area (Å²) in [6.45, 7) is 2.71. The molecule has 1 fully saturated rings. The fraction of sp³-hybridized carbons (Fsp3) is 0.636. The summed E-state index contributed by atoms with van der Waals surface area (Å²) in [4.78, 5) is 18.5. The summed E-state index contributed by atoms with van der Waals surface area (Å²) in [5.74, 6) is 0.0912. The van der Waals surface area contributed by atoms with Crippen molar-refractivity contribution in [3.63, 3.8) is 0 Å². The standard InChI is InChI=1S/C11H15BrN2OS/c1-8-13-10(7-16-8)11(15)14(6-5-12)9-3-2-4-9/h7,9H,2-6H2,1H3. The Morgan fingerprint density at radius 3 is 2.88 bits per heavy atom. The van der Waals surface area contributed by atoms with Gasteiger partial charge in [0.2, 0.25) is 0 Å². The molecule has 16 heavy (non-hydrogen) atoms. The van der Waals surface area contributed by atoms with E-state index in [1.807, 2.05) is 17.2 Å². The van der Waals surface area contributed by atoms with Crippen molar-refractivity contribution in [2.75, 3.05) is 11.9 Å². The Bertz CT molecular complexity index is 376. The molecule has 88 valence electrons.